The maximum atomic E-state index is 13.1. The van der Waals surface area contributed by atoms with Gasteiger partial charge in [0.25, 0.3) is 11.7 Å². The number of halogens is 1. The van der Waals surface area contributed by atoms with Crippen molar-refractivity contribution in [3.8, 4) is 5.75 Å². The molecule has 1 aliphatic rings. The van der Waals surface area contributed by atoms with Crippen molar-refractivity contribution in [1.29, 1.82) is 0 Å². The third kappa shape index (κ3) is 3.28. The van der Waals surface area contributed by atoms with Crippen LogP contribution in [-0.4, -0.2) is 23.9 Å². The van der Waals surface area contributed by atoms with E-state index in [-0.39, 0.29) is 11.3 Å². The number of aliphatic hydroxyl groups excluding tert-OH is 1. The van der Waals surface area contributed by atoms with E-state index in [1.54, 1.807) is 42.5 Å². The molecule has 7 heteroatoms. The van der Waals surface area contributed by atoms with Crippen LogP contribution in [0.5, 0.6) is 5.75 Å². The summed E-state index contributed by atoms with van der Waals surface area (Å²) in [5.74, 6) is -1.19. The van der Waals surface area contributed by atoms with Gasteiger partial charge in [-0.25, -0.2) is 0 Å². The molecule has 1 unspecified atom stereocenters. The Morgan fingerprint density at radius 3 is 2.47 bits per heavy atom. The number of thiophene rings is 1. The molecule has 30 heavy (non-hydrogen) atoms. The lowest BCUT2D eigenvalue weighted by Gasteiger charge is -2.25. The Morgan fingerprint density at radius 2 is 1.87 bits per heavy atom. The second kappa shape index (κ2) is 7.97. The summed E-state index contributed by atoms with van der Waals surface area (Å²) in [5, 5.41) is 13.2. The van der Waals surface area contributed by atoms with Crippen molar-refractivity contribution in [3.05, 3.63) is 86.6 Å². The third-order valence-corrected chi connectivity index (χ3v) is 6.42. The van der Waals surface area contributed by atoms with Crippen molar-refractivity contribution in [1.82, 2.24) is 0 Å². The Kier molecular flexibility index (Phi) is 5.37. The van der Waals surface area contributed by atoms with E-state index in [0.717, 1.165) is 10.4 Å². The maximum Gasteiger partial charge on any atom is 0.300 e. The zero-order valence-electron chi connectivity index (χ0n) is 16.3. The number of aryl methyl sites for hydroxylation is 1. The number of methoxy groups -OCH3 is 1. The number of hydrogen-bond donors (Lipinski definition) is 1. The summed E-state index contributed by atoms with van der Waals surface area (Å²) in [6.07, 6.45) is 0. The van der Waals surface area contributed by atoms with Gasteiger partial charge in [0.1, 0.15) is 17.6 Å². The SMILES string of the molecule is COc1ccc(N2C(=O)C(=O)/C(=C(\O)c3ccccc3)C2c2sccc2C)cc1Cl. The van der Waals surface area contributed by atoms with Crippen LogP contribution in [0, 0.1) is 6.92 Å². The molecule has 1 atom stereocenters. The molecule has 2 aromatic carbocycles. The van der Waals surface area contributed by atoms with Gasteiger partial charge in [0, 0.05) is 16.1 Å². The summed E-state index contributed by atoms with van der Waals surface area (Å²) in [6, 6.07) is 14.8. The molecular formula is C23H18ClNO4S. The number of rotatable bonds is 4. The highest BCUT2D eigenvalue weighted by atomic mass is 35.5. The van der Waals surface area contributed by atoms with Crippen LogP contribution in [0.3, 0.4) is 0 Å². The van der Waals surface area contributed by atoms with E-state index >= 15 is 0 Å². The highest BCUT2D eigenvalue weighted by Crippen LogP contribution is 2.45. The quantitative estimate of drug-likeness (QED) is 0.338. The normalized spacial score (nSPS) is 18.1. The number of hydrogen-bond acceptors (Lipinski definition) is 5. The fourth-order valence-corrected chi connectivity index (χ4v) is 4.84. The van der Waals surface area contributed by atoms with Crippen molar-refractivity contribution in [2.24, 2.45) is 0 Å². The zero-order valence-corrected chi connectivity index (χ0v) is 17.8. The first-order valence-electron chi connectivity index (χ1n) is 9.18. The molecule has 1 N–H and O–H groups in total. The standard InChI is InChI=1S/C23H18ClNO4S/c1-13-10-11-30-22(13)19-18(20(26)14-6-4-3-5-7-14)21(27)23(28)25(19)15-8-9-17(29-2)16(24)12-15/h3-12,19,26H,1-2H3/b20-18-. The van der Waals surface area contributed by atoms with Gasteiger partial charge in [0.2, 0.25) is 0 Å². The molecule has 1 aromatic heterocycles. The van der Waals surface area contributed by atoms with Crippen LogP contribution in [0.4, 0.5) is 5.69 Å². The Hall–Kier alpha value is -3.09. The average Bonchev–Trinajstić information content (AvgIpc) is 3.28. The number of aliphatic hydroxyl groups is 1. The number of nitrogens with zero attached hydrogens (tertiary/aromatic N) is 1. The Morgan fingerprint density at radius 1 is 1.13 bits per heavy atom. The molecule has 1 amide bonds. The minimum absolute atomic E-state index is 0.0590. The molecular weight excluding hydrogens is 422 g/mol. The number of ether oxygens (including phenoxy) is 1. The second-order valence-corrected chi connectivity index (χ2v) is 8.18. The predicted octanol–water partition coefficient (Wildman–Crippen LogP) is 5.34. The van der Waals surface area contributed by atoms with Gasteiger partial charge >= 0.3 is 0 Å². The van der Waals surface area contributed by atoms with Crippen LogP contribution < -0.4 is 9.64 Å². The van der Waals surface area contributed by atoms with Crippen LogP contribution in [0.2, 0.25) is 5.02 Å². The first-order chi connectivity index (χ1) is 14.4. The second-order valence-electron chi connectivity index (χ2n) is 6.82. The molecule has 3 aromatic rings. The number of anilines is 1. The molecule has 1 aliphatic heterocycles. The van der Waals surface area contributed by atoms with E-state index in [4.69, 9.17) is 16.3 Å². The van der Waals surface area contributed by atoms with Gasteiger partial charge in [-0.2, -0.15) is 0 Å². The average molecular weight is 440 g/mol. The lowest BCUT2D eigenvalue weighted by Crippen LogP contribution is -2.29. The lowest BCUT2D eigenvalue weighted by atomic mass is 9.98. The van der Waals surface area contributed by atoms with Gasteiger partial charge in [-0.1, -0.05) is 41.9 Å². The minimum atomic E-state index is -0.755. The van der Waals surface area contributed by atoms with Gasteiger partial charge in [-0.05, 0) is 42.1 Å². The van der Waals surface area contributed by atoms with E-state index in [0.29, 0.717) is 22.0 Å². The number of ketones is 1. The largest absolute Gasteiger partial charge is 0.507 e. The molecule has 5 nitrogen and oxygen atoms in total. The van der Waals surface area contributed by atoms with Crippen molar-refractivity contribution in [2.45, 2.75) is 13.0 Å². The molecule has 1 saturated heterocycles. The number of carbonyl (C=O) groups is 2. The lowest BCUT2D eigenvalue weighted by molar-refractivity contribution is -0.132. The first-order valence-corrected chi connectivity index (χ1v) is 10.4. The molecule has 0 spiro atoms. The van der Waals surface area contributed by atoms with E-state index in [1.165, 1.54) is 23.3 Å². The summed E-state index contributed by atoms with van der Waals surface area (Å²) in [4.78, 5) is 28.4. The van der Waals surface area contributed by atoms with Gasteiger partial charge in [-0.3, -0.25) is 14.5 Å². The van der Waals surface area contributed by atoms with Crippen LogP contribution in [-0.2, 0) is 9.59 Å². The fraction of sp³-hybridized carbons (Fsp3) is 0.130. The number of amides is 1. The van der Waals surface area contributed by atoms with Crippen molar-refractivity contribution in [2.75, 3.05) is 12.0 Å². The van der Waals surface area contributed by atoms with Crippen molar-refractivity contribution in [3.63, 3.8) is 0 Å². The monoisotopic (exact) mass is 439 g/mol. The van der Waals surface area contributed by atoms with Gasteiger partial charge in [0.05, 0.1) is 17.7 Å². The van der Waals surface area contributed by atoms with E-state index in [2.05, 4.69) is 0 Å². The van der Waals surface area contributed by atoms with Gasteiger partial charge in [0.15, 0.2) is 0 Å². The molecule has 0 radical (unpaired) electrons. The summed E-state index contributed by atoms with van der Waals surface area (Å²) in [7, 11) is 1.50. The van der Waals surface area contributed by atoms with Crippen molar-refractivity contribution >= 4 is 46.1 Å². The molecule has 0 bridgehead atoms. The van der Waals surface area contributed by atoms with Crippen LogP contribution >= 0.6 is 22.9 Å². The van der Waals surface area contributed by atoms with E-state index in [1.807, 2.05) is 24.4 Å². The van der Waals surface area contributed by atoms with Crippen molar-refractivity contribution < 1.29 is 19.4 Å². The molecule has 0 saturated carbocycles. The zero-order chi connectivity index (χ0) is 21.4. The third-order valence-electron chi connectivity index (χ3n) is 5.06. The van der Waals surface area contributed by atoms with Crippen LogP contribution in [0.25, 0.3) is 5.76 Å². The maximum absolute atomic E-state index is 13.1. The Bertz CT molecular complexity index is 1170. The molecule has 0 aliphatic carbocycles. The molecule has 4 rings (SSSR count). The number of carbonyl (C=O) groups excluding carboxylic acids is 2. The summed E-state index contributed by atoms with van der Waals surface area (Å²) < 4.78 is 5.20. The fourth-order valence-electron chi connectivity index (χ4n) is 3.57. The summed E-state index contributed by atoms with van der Waals surface area (Å²) in [6.45, 7) is 1.91. The van der Waals surface area contributed by atoms with E-state index < -0.39 is 17.7 Å². The smallest absolute Gasteiger partial charge is 0.300 e. The topological polar surface area (TPSA) is 66.8 Å². The highest BCUT2D eigenvalue weighted by Gasteiger charge is 2.48. The van der Waals surface area contributed by atoms with Gasteiger partial charge in [-0.15, -0.1) is 11.3 Å². The molecule has 1 fully saturated rings. The highest BCUT2D eigenvalue weighted by molar-refractivity contribution is 7.10. The molecule has 152 valence electrons. The van der Waals surface area contributed by atoms with Crippen LogP contribution in [0.15, 0.2) is 65.6 Å². The van der Waals surface area contributed by atoms with E-state index in [9.17, 15) is 14.7 Å². The summed E-state index contributed by atoms with van der Waals surface area (Å²) in [5.41, 5.74) is 1.91. The number of Topliss-reactive ketones (excluding diaryl/α,β-unsaturated/α-hetero) is 1. The Balaban J connectivity index is 1.94. The Labute approximate surface area is 182 Å². The summed E-state index contributed by atoms with van der Waals surface area (Å²) >= 11 is 7.71. The minimum Gasteiger partial charge on any atom is -0.507 e. The van der Waals surface area contributed by atoms with Crippen LogP contribution in [0.1, 0.15) is 22.0 Å². The predicted molar refractivity (Wildman–Crippen MR) is 118 cm³/mol. The number of benzene rings is 2. The van der Waals surface area contributed by atoms with Gasteiger partial charge < -0.3 is 9.84 Å². The molecule has 2 heterocycles. The first kappa shape index (κ1) is 20.2.